The Kier molecular flexibility index (Phi) is 8.51. The van der Waals surface area contributed by atoms with Crippen LogP contribution in [0.1, 0.15) is 50.9 Å². The minimum Gasteiger partial charge on any atom is -0.483 e. The highest BCUT2D eigenvalue weighted by atomic mass is 16.3. The van der Waals surface area contributed by atoms with Crippen molar-refractivity contribution >= 4 is 24.3 Å². The Morgan fingerprint density at radius 3 is 2.25 bits per heavy atom. The van der Waals surface area contributed by atoms with E-state index >= 15 is 0 Å². The van der Waals surface area contributed by atoms with Gasteiger partial charge in [-0.1, -0.05) is 25.5 Å². The Morgan fingerprint density at radius 1 is 1.19 bits per heavy atom. The number of carbonyl (C=O) groups is 4. The van der Waals surface area contributed by atoms with Crippen LogP contribution in [0.2, 0.25) is 0 Å². The first-order valence-electron chi connectivity index (χ1n) is 10.7. The van der Waals surface area contributed by atoms with E-state index in [-0.39, 0.29) is 30.2 Å². The van der Waals surface area contributed by atoms with Crippen LogP contribution in [-0.2, 0) is 9.59 Å². The quantitative estimate of drug-likeness (QED) is 0.425. The van der Waals surface area contributed by atoms with Crippen molar-refractivity contribution in [1.29, 1.82) is 0 Å². The molecule has 3 heterocycles. The molecule has 1 N–H and O–H groups in total. The van der Waals surface area contributed by atoms with Crippen LogP contribution >= 0.6 is 0 Å². The van der Waals surface area contributed by atoms with Crippen LogP contribution < -0.4 is 0 Å². The summed E-state index contributed by atoms with van der Waals surface area (Å²) in [5, 5.41) is 6.89. The molecule has 2 fully saturated rings. The first-order valence-corrected chi connectivity index (χ1v) is 10.7. The summed E-state index contributed by atoms with van der Waals surface area (Å²) in [6.45, 7) is 9.49. The van der Waals surface area contributed by atoms with E-state index in [4.69, 9.17) is 9.90 Å². The minimum absolute atomic E-state index is 0.0594. The number of imide groups is 1. The molecule has 9 heteroatoms. The fourth-order valence-corrected chi connectivity index (χ4v) is 4.08. The third-order valence-electron chi connectivity index (χ3n) is 5.66. The summed E-state index contributed by atoms with van der Waals surface area (Å²) in [5.74, 6) is 0.0657. The lowest BCUT2D eigenvalue weighted by Gasteiger charge is -2.42. The van der Waals surface area contributed by atoms with E-state index in [1.54, 1.807) is 34.3 Å². The number of piperidine rings is 1. The predicted molar refractivity (Wildman–Crippen MR) is 119 cm³/mol. The number of urea groups is 1. The summed E-state index contributed by atoms with van der Waals surface area (Å²) in [4.78, 5) is 56.4. The molecule has 0 unspecified atom stereocenters. The van der Waals surface area contributed by atoms with Gasteiger partial charge < -0.3 is 14.9 Å². The number of amides is 4. The van der Waals surface area contributed by atoms with Gasteiger partial charge in [-0.3, -0.25) is 24.3 Å². The Labute approximate surface area is 188 Å². The number of pyridine rings is 1. The maximum Gasteiger partial charge on any atom is 0.327 e. The molecule has 0 aromatic carbocycles. The zero-order valence-electron chi connectivity index (χ0n) is 19.2. The summed E-state index contributed by atoms with van der Waals surface area (Å²) >= 11 is 0. The number of carboxylic acid groups (broad SMARTS) is 1. The molecule has 0 saturated carbocycles. The number of allylic oxidation sites excluding steroid dienone is 1. The monoisotopic (exact) mass is 444 g/mol. The van der Waals surface area contributed by atoms with Crippen molar-refractivity contribution < 1.29 is 24.3 Å². The number of hydrogen-bond acceptors (Lipinski definition) is 5. The second-order valence-corrected chi connectivity index (χ2v) is 8.65. The zero-order valence-corrected chi connectivity index (χ0v) is 19.2. The van der Waals surface area contributed by atoms with Crippen molar-refractivity contribution in [3.63, 3.8) is 0 Å². The second kappa shape index (κ2) is 10.9. The van der Waals surface area contributed by atoms with E-state index in [1.807, 2.05) is 33.8 Å². The van der Waals surface area contributed by atoms with Crippen LogP contribution in [0.3, 0.4) is 0 Å². The van der Waals surface area contributed by atoms with Crippen LogP contribution in [0.15, 0.2) is 36.2 Å². The molecule has 0 atom stereocenters. The van der Waals surface area contributed by atoms with E-state index < -0.39 is 5.54 Å². The van der Waals surface area contributed by atoms with Gasteiger partial charge in [0.1, 0.15) is 5.54 Å². The lowest BCUT2D eigenvalue weighted by Crippen LogP contribution is -2.58. The summed E-state index contributed by atoms with van der Waals surface area (Å²) in [7, 11) is 0. The highest BCUT2D eigenvalue weighted by Gasteiger charge is 2.57. The van der Waals surface area contributed by atoms with Crippen LogP contribution in [-0.4, -0.2) is 80.8 Å². The van der Waals surface area contributed by atoms with Crippen LogP contribution in [0.4, 0.5) is 4.79 Å². The molecule has 1 aromatic heterocycles. The first-order chi connectivity index (χ1) is 15.2. The molecule has 32 heavy (non-hydrogen) atoms. The van der Waals surface area contributed by atoms with E-state index in [0.29, 0.717) is 44.6 Å². The Hall–Kier alpha value is -3.23. The molecule has 9 nitrogen and oxygen atoms in total. The van der Waals surface area contributed by atoms with Crippen molar-refractivity contribution in [3.8, 4) is 0 Å². The molecule has 2 aliphatic heterocycles. The van der Waals surface area contributed by atoms with Crippen molar-refractivity contribution in [3.05, 3.63) is 41.7 Å². The van der Waals surface area contributed by atoms with E-state index in [1.165, 1.54) is 4.90 Å². The van der Waals surface area contributed by atoms with Gasteiger partial charge in [-0.15, -0.1) is 0 Å². The second-order valence-electron chi connectivity index (χ2n) is 8.65. The van der Waals surface area contributed by atoms with Crippen molar-refractivity contribution in [2.75, 3.05) is 26.2 Å². The van der Waals surface area contributed by atoms with Gasteiger partial charge in [0, 0.05) is 44.1 Å². The molecule has 0 aliphatic carbocycles. The normalized spacial score (nSPS) is 17.3. The van der Waals surface area contributed by atoms with Gasteiger partial charge in [0.2, 0.25) is 0 Å². The molecule has 4 amide bonds. The molecule has 2 aliphatic rings. The summed E-state index contributed by atoms with van der Waals surface area (Å²) < 4.78 is 0. The Morgan fingerprint density at radius 2 is 1.75 bits per heavy atom. The molecule has 3 rings (SSSR count). The number of carbonyl (C=O) groups excluding carboxylic acids is 3. The van der Waals surface area contributed by atoms with Crippen LogP contribution in [0.25, 0.3) is 0 Å². The number of hydrogen-bond donors (Lipinski definition) is 1. The number of aromatic nitrogens is 1. The largest absolute Gasteiger partial charge is 0.483 e. The molecular formula is C23H32N4O5. The fourth-order valence-electron chi connectivity index (χ4n) is 4.08. The summed E-state index contributed by atoms with van der Waals surface area (Å²) in [5.41, 5.74) is 0.819. The van der Waals surface area contributed by atoms with Crippen LogP contribution in [0, 0.1) is 5.92 Å². The molecular weight excluding hydrogens is 412 g/mol. The maximum absolute atomic E-state index is 13.4. The molecule has 0 bridgehead atoms. The molecule has 1 spiro atoms. The van der Waals surface area contributed by atoms with Gasteiger partial charge in [0.25, 0.3) is 18.3 Å². The standard InChI is InChI=1S/C22H30N4O3.CH2O2/c1-16(2)7-12-25-20(28)22(26(21(25)29)15-17(3)4)8-13-24(14-9-22)19(27)18-5-10-23-11-6-18;2-1-3/h5-7,10-11,17H,8-9,12-15H2,1-4H3;1H,(H,2,3). The number of nitrogens with zero attached hydrogens (tertiary/aromatic N) is 4. The predicted octanol–water partition coefficient (Wildman–Crippen LogP) is 2.64. The topological polar surface area (TPSA) is 111 Å². The van der Waals surface area contributed by atoms with E-state index in [2.05, 4.69) is 4.98 Å². The van der Waals surface area contributed by atoms with Crippen molar-refractivity contribution in [1.82, 2.24) is 19.7 Å². The lowest BCUT2D eigenvalue weighted by atomic mass is 9.85. The average Bonchev–Trinajstić information content (AvgIpc) is 2.94. The van der Waals surface area contributed by atoms with Gasteiger partial charge >= 0.3 is 6.03 Å². The van der Waals surface area contributed by atoms with Crippen molar-refractivity contribution in [2.24, 2.45) is 5.92 Å². The SMILES string of the molecule is CC(C)=CCN1C(=O)N(CC(C)C)C2(CCN(C(=O)c3ccncc3)CC2)C1=O.O=CO. The van der Waals surface area contributed by atoms with E-state index in [9.17, 15) is 14.4 Å². The number of likely N-dealkylation sites (tertiary alicyclic amines) is 1. The third-order valence-corrected chi connectivity index (χ3v) is 5.66. The van der Waals surface area contributed by atoms with Gasteiger partial charge in [0.05, 0.1) is 0 Å². The molecule has 2 saturated heterocycles. The zero-order chi connectivity index (χ0) is 23.9. The minimum atomic E-state index is -0.841. The highest BCUT2D eigenvalue weighted by Crippen LogP contribution is 2.38. The highest BCUT2D eigenvalue weighted by molar-refractivity contribution is 6.07. The Balaban J connectivity index is 0.00000114. The van der Waals surface area contributed by atoms with Gasteiger partial charge in [0.15, 0.2) is 0 Å². The van der Waals surface area contributed by atoms with Gasteiger partial charge in [-0.05, 0) is 44.7 Å². The van der Waals surface area contributed by atoms with Crippen LogP contribution in [0.5, 0.6) is 0 Å². The molecule has 174 valence electrons. The van der Waals surface area contributed by atoms with Gasteiger partial charge in [-0.2, -0.15) is 0 Å². The summed E-state index contributed by atoms with van der Waals surface area (Å²) in [6.07, 6.45) is 6.04. The first kappa shape index (κ1) is 25.0. The summed E-state index contributed by atoms with van der Waals surface area (Å²) in [6, 6.07) is 3.18. The molecule has 0 radical (unpaired) electrons. The maximum atomic E-state index is 13.4. The number of rotatable bonds is 5. The smallest absolute Gasteiger partial charge is 0.327 e. The van der Waals surface area contributed by atoms with E-state index in [0.717, 1.165) is 5.57 Å². The fraction of sp³-hybridized carbons (Fsp3) is 0.522. The third kappa shape index (κ3) is 5.33. The lowest BCUT2D eigenvalue weighted by molar-refractivity contribution is -0.135. The average molecular weight is 445 g/mol. The van der Waals surface area contributed by atoms with Crippen molar-refractivity contribution in [2.45, 2.75) is 46.1 Å². The Bertz CT molecular complexity index is 856. The van der Waals surface area contributed by atoms with Gasteiger partial charge in [-0.25, -0.2) is 4.79 Å². The molecule has 1 aromatic rings.